The number of hydrogen-bond donors (Lipinski definition) is 1. The Hall–Kier alpha value is -1.45. The van der Waals surface area contributed by atoms with Crippen LogP contribution < -0.4 is 0 Å². The Bertz CT molecular complexity index is 526. The van der Waals surface area contributed by atoms with Crippen LogP contribution in [0.1, 0.15) is 10.6 Å². The minimum Gasteiger partial charge on any atom is -0.475 e. The smallest absolute Gasteiger partial charge is 0.371 e. The highest BCUT2D eigenvalue weighted by molar-refractivity contribution is 6.35. The average Bonchev–Trinajstić information content (AvgIpc) is 2.64. The molecule has 3 nitrogen and oxygen atoms in total. The van der Waals surface area contributed by atoms with Gasteiger partial charge in [-0.2, -0.15) is 0 Å². The van der Waals surface area contributed by atoms with Gasteiger partial charge in [-0.05, 0) is 30.3 Å². The number of carboxylic acid groups (broad SMARTS) is 1. The lowest BCUT2D eigenvalue weighted by Gasteiger charge is -1.99. The topological polar surface area (TPSA) is 50.4 Å². The summed E-state index contributed by atoms with van der Waals surface area (Å²) < 4.78 is 5.12. The summed E-state index contributed by atoms with van der Waals surface area (Å²) in [6, 6.07) is 7.83. The Labute approximate surface area is 101 Å². The summed E-state index contributed by atoms with van der Waals surface area (Å²) in [4.78, 5) is 10.6. The molecule has 1 N–H and O–H groups in total. The predicted molar refractivity (Wildman–Crippen MR) is 61.1 cm³/mol. The summed E-state index contributed by atoms with van der Waals surface area (Å²) in [6.07, 6.45) is 0. The molecule has 0 aliphatic carbocycles. The van der Waals surface area contributed by atoms with E-state index in [1.165, 1.54) is 6.07 Å². The van der Waals surface area contributed by atoms with Crippen LogP contribution in [0.2, 0.25) is 10.0 Å². The van der Waals surface area contributed by atoms with Crippen LogP contribution in [0.25, 0.3) is 11.3 Å². The molecule has 82 valence electrons. The molecule has 0 aliphatic rings. The Morgan fingerprint density at radius 2 is 1.75 bits per heavy atom. The number of halogens is 2. The Morgan fingerprint density at radius 3 is 2.25 bits per heavy atom. The van der Waals surface area contributed by atoms with Crippen molar-refractivity contribution in [3.63, 3.8) is 0 Å². The molecule has 1 heterocycles. The highest BCUT2D eigenvalue weighted by atomic mass is 35.5. The Morgan fingerprint density at radius 1 is 1.12 bits per heavy atom. The maximum Gasteiger partial charge on any atom is 0.371 e. The van der Waals surface area contributed by atoms with Crippen LogP contribution in [0.4, 0.5) is 0 Å². The van der Waals surface area contributed by atoms with Crippen LogP contribution in [0.3, 0.4) is 0 Å². The van der Waals surface area contributed by atoms with Crippen LogP contribution in [-0.4, -0.2) is 11.1 Å². The van der Waals surface area contributed by atoms with Crippen molar-refractivity contribution in [2.24, 2.45) is 0 Å². The first-order valence-electron chi connectivity index (χ1n) is 4.36. The van der Waals surface area contributed by atoms with E-state index in [0.29, 0.717) is 21.4 Å². The monoisotopic (exact) mass is 256 g/mol. The van der Waals surface area contributed by atoms with Gasteiger partial charge in [0.2, 0.25) is 5.76 Å². The number of carboxylic acids is 1. The van der Waals surface area contributed by atoms with Gasteiger partial charge in [-0.1, -0.05) is 23.2 Å². The lowest BCUT2D eigenvalue weighted by molar-refractivity contribution is 0.0663. The van der Waals surface area contributed by atoms with Crippen LogP contribution in [0.15, 0.2) is 34.7 Å². The standard InChI is InChI=1S/C11H6Cl2O3/c12-7-3-6(4-8(13)5-7)9-1-2-10(16-9)11(14)15/h1-5H,(H,14,15). The molecule has 0 bridgehead atoms. The Kier molecular flexibility index (Phi) is 2.90. The summed E-state index contributed by atoms with van der Waals surface area (Å²) >= 11 is 11.7. The SMILES string of the molecule is O=C(O)c1ccc(-c2cc(Cl)cc(Cl)c2)o1. The van der Waals surface area contributed by atoms with Gasteiger partial charge in [-0.15, -0.1) is 0 Å². The van der Waals surface area contributed by atoms with Crippen molar-refractivity contribution < 1.29 is 14.3 Å². The van der Waals surface area contributed by atoms with Gasteiger partial charge in [0, 0.05) is 15.6 Å². The number of aromatic carboxylic acids is 1. The van der Waals surface area contributed by atoms with Crippen LogP contribution in [-0.2, 0) is 0 Å². The molecular formula is C11H6Cl2O3. The second kappa shape index (κ2) is 4.20. The first-order chi connectivity index (χ1) is 7.56. The lowest BCUT2D eigenvalue weighted by atomic mass is 10.2. The molecule has 2 aromatic rings. The molecule has 0 unspecified atom stereocenters. The van der Waals surface area contributed by atoms with Crippen molar-refractivity contribution in [1.82, 2.24) is 0 Å². The fraction of sp³-hybridized carbons (Fsp3) is 0. The first kappa shape index (κ1) is 11.0. The quantitative estimate of drug-likeness (QED) is 0.885. The van der Waals surface area contributed by atoms with E-state index in [0.717, 1.165) is 0 Å². The lowest BCUT2D eigenvalue weighted by Crippen LogP contribution is -1.91. The maximum absolute atomic E-state index is 10.6. The van der Waals surface area contributed by atoms with Crippen molar-refractivity contribution >= 4 is 29.2 Å². The summed E-state index contributed by atoms with van der Waals surface area (Å²) in [5, 5.41) is 9.64. The van der Waals surface area contributed by atoms with Gasteiger partial charge in [0.1, 0.15) is 5.76 Å². The predicted octanol–water partition coefficient (Wildman–Crippen LogP) is 3.95. The molecule has 0 aliphatic heterocycles. The molecular weight excluding hydrogens is 251 g/mol. The summed E-state index contributed by atoms with van der Waals surface area (Å²) in [6.45, 7) is 0. The molecule has 0 atom stereocenters. The molecule has 0 fully saturated rings. The van der Waals surface area contributed by atoms with Gasteiger partial charge >= 0.3 is 5.97 Å². The molecule has 5 heteroatoms. The second-order valence-corrected chi connectivity index (χ2v) is 4.00. The van der Waals surface area contributed by atoms with Crippen molar-refractivity contribution in [1.29, 1.82) is 0 Å². The van der Waals surface area contributed by atoms with E-state index in [-0.39, 0.29) is 5.76 Å². The van der Waals surface area contributed by atoms with E-state index in [1.54, 1.807) is 24.3 Å². The minimum absolute atomic E-state index is 0.119. The minimum atomic E-state index is -1.11. The molecule has 0 saturated carbocycles. The first-order valence-corrected chi connectivity index (χ1v) is 5.11. The number of rotatable bonds is 2. The Balaban J connectivity index is 2.46. The number of furan rings is 1. The van der Waals surface area contributed by atoms with Gasteiger partial charge in [-0.25, -0.2) is 4.79 Å². The second-order valence-electron chi connectivity index (χ2n) is 3.13. The van der Waals surface area contributed by atoms with Gasteiger partial charge < -0.3 is 9.52 Å². The molecule has 0 spiro atoms. The third kappa shape index (κ3) is 2.21. The van der Waals surface area contributed by atoms with E-state index in [1.807, 2.05) is 0 Å². The van der Waals surface area contributed by atoms with Crippen LogP contribution >= 0.6 is 23.2 Å². The molecule has 2 rings (SSSR count). The zero-order valence-electron chi connectivity index (χ0n) is 7.91. The van der Waals surface area contributed by atoms with Gasteiger partial charge in [-0.3, -0.25) is 0 Å². The third-order valence-corrected chi connectivity index (χ3v) is 2.40. The van der Waals surface area contributed by atoms with Gasteiger partial charge in [0.15, 0.2) is 0 Å². The number of carbonyl (C=O) groups is 1. The van der Waals surface area contributed by atoms with Crippen LogP contribution in [0.5, 0.6) is 0 Å². The summed E-state index contributed by atoms with van der Waals surface area (Å²) in [5.74, 6) is -0.813. The highest BCUT2D eigenvalue weighted by Gasteiger charge is 2.11. The maximum atomic E-state index is 10.6. The zero-order valence-corrected chi connectivity index (χ0v) is 9.42. The third-order valence-electron chi connectivity index (χ3n) is 1.96. The van der Waals surface area contributed by atoms with E-state index >= 15 is 0 Å². The molecule has 0 radical (unpaired) electrons. The highest BCUT2D eigenvalue weighted by Crippen LogP contribution is 2.28. The normalized spacial score (nSPS) is 10.4. The molecule has 16 heavy (non-hydrogen) atoms. The molecule has 1 aromatic carbocycles. The largest absolute Gasteiger partial charge is 0.475 e. The van der Waals surface area contributed by atoms with E-state index in [9.17, 15) is 4.79 Å². The van der Waals surface area contributed by atoms with E-state index in [4.69, 9.17) is 32.7 Å². The van der Waals surface area contributed by atoms with Crippen molar-refractivity contribution in [2.75, 3.05) is 0 Å². The fourth-order valence-electron chi connectivity index (χ4n) is 1.30. The average molecular weight is 257 g/mol. The number of benzene rings is 1. The van der Waals surface area contributed by atoms with Crippen LogP contribution in [0, 0.1) is 0 Å². The molecule has 0 amide bonds. The van der Waals surface area contributed by atoms with E-state index < -0.39 is 5.97 Å². The fourth-order valence-corrected chi connectivity index (χ4v) is 1.83. The van der Waals surface area contributed by atoms with Gasteiger partial charge in [0.05, 0.1) is 0 Å². The summed E-state index contributed by atoms with van der Waals surface area (Å²) in [7, 11) is 0. The van der Waals surface area contributed by atoms with E-state index in [2.05, 4.69) is 0 Å². The van der Waals surface area contributed by atoms with Crippen molar-refractivity contribution in [3.05, 3.63) is 46.1 Å². The molecule has 1 aromatic heterocycles. The zero-order chi connectivity index (χ0) is 11.7. The van der Waals surface area contributed by atoms with Crippen molar-refractivity contribution in [3.8, 4) is 11.3 Å². The molecule has 0 saturated heterocycles. The van der Waals surface area contributed by atoms with Crippen molar-refractivity contribution in [2.45, 2.75) is 0 Å². The van der Waals surface area contributed by atoms with Gasteiger partial charge in [0.25, 0.3) is 0 Å². The summed E-state index contributed by atoms with van der Waals surface area (Å²) in [5.41, 5.74) is 0.644. The number of hydrogen-bond acceptors (Lipinski definition) is 2.